The molecule has 0 amide bonds. The molecule has 92 valence electrons. The van der Waals surface area contributed by atoms with Gasteiger partial charge in [-0.05, 0) is 30.4 Å². The first-order chi connectivity index (χ1) is 8.28. The van der Waals surface area contributed by atoms with E-state index in [4.69, 9.17) is 10.5 Å². The van der Waals surface area contributed by atoms with Crippen LogP contribution < -0.4 is 5.73 Å². The standard InChI is InChI=1S/C15H21NO/c16-15(7-1-2-8-15)14-5-3-4-12(10-14)13-6-9-17-11-13/h3-5,10,13H,1-2,6-9,11,16H2. The summed E-state index contributed by atoms with van der Waals surface area (Å²) >= 11 is 0. The molecule has 1 aromatic carbocycles. The largest absolute Gasteiger partial charge is 0.381 e. The molecule has 17 heavy (non-hydrogen) atoms. The van der Waals surface area contributed by atoms with E-state index in [1.807, 2.05) is 0 Å². The Hall–Kier alpha value is -0.860. The number of rotatable bonds is 2. The fourth-order valence-corrected chi connectivity index (χ4v) is 3.19. The first-order valence-corrected chi connectivity index (χ1v) is 6.75. The lowest BCUT2D eigenvalue weighted by atomic mass is 9.86. The van der Waals surface area contributed by atoms with Crippen molar-refractivity contribution < 1.29 is 4.74 Å². The Labute approximate surface area is 103 Å². The van der Waals surface area contributed by atoms with Crippen molar-refractivity contribution in [2.75, 3.05) is 13.2 Å². The van der Waals surface area contributed by atoms with E-state index in [0.717, 1.165) is 32.5 Å². The van der Waals surface area contributed by atoms with Gasteiger partial charge in [-0.2, -0.15) is 0 Å². The number of ether oxygens (including phenoxy) is 1. The van der Waals surface area contributed by atoms with Crippen molar-refractivity contribution in [3.8, 4) is 0 Å². The number of hydrogen-bond donors (Lipinski definition) is 1. The van der Waals surface area contributed by atoms with Gasteiger partial charge >= 0.3 is 0 Å². The molecule has 1 unspecified atom stereocenters. The maximum absolute atomic E-state index is 6.52. The van der Waals surface area contributed by atoms with Crippen LogP contribution >= 0.6 is 0 Å². The van der Waals surface area contributed by atoms with Crippen LogP contribution in [0.1, 0.15) is 49.1 Å². The van der Waals surface area contributed by atoms with E-state index in [-0.39, 0.29) is 5.54 Å². The smallest absolute Gasteiger partial charge is 0.0535 e. The van der Waals surface area contributed by atoms with E-state index in [1.54, 1.807) is 0 Å². The van der Waals surface area contributed by atoms with E-state index >= 15 is 0 Å². The van der Waals surface area contributed by atoms with Gasteiger partial charge in [-0.15, -0.1) is 0 Å². The van der Waals surface area contributed by atoms with Gasteiger partial charge in [-0.3, -0.25) is 0 Å². The van der Waals surface area contributed by atoms with Crippen molar-refractivity contribution >= 4 is 0 Å². The highest BCUT2D eigenvalue weighted by atomic mass is 16.5. The molecule has 1 aliphatic heterocycles. The van der Waals surface area contributed by atoms with Crippen LogP contribution in [0.25, 0.3) is 0 Å². The van der Waals surface area contributed by atoms with Gasteiger partial charge in [0, 0.05) is 18.1 Å². The molecule has 1 atom stereocenters. The third-order valence-electron chi connectivity index (χ3n) is 4.36. The van der Waals surface area contributed by atoms with Crippen molar-refractivity contribution in [3.63, 3.8) is 0 Å². The second kappa shape index (κ2) is 4.43. The van der Waals surface area contributed by atoms with E-state index in [2.05, 4.69) is 24.3 Å². The van der Waals surface area contributed by atoms with Crippen LogP contribution in [-0.4, -0.2) is 13.2 Å². The second-order valence-corrected chi connectivity index (χ2v) is 5.55. The summed E-state index contributed by atoms with van der Waals surface area (Å²) in [6.07, 6.45) is 5.97. The van der Waals surface area contributed by atoms with E-state index in [0.29, 0.717) is 5.92 Å². The molecule has 2 N–H and O–H groups in total. The molecular weight excluding hydrogens is 210 g/mol. The maximum Gasteiger partial charge on any atom is 0.0535 e. The predicted octanol–water partition coefficient (Wildman–Crippen LogP) is 2.92. The average Bonchev–Trinajstić information content (AvgIpc) is 3.01. The van der Waals surface area contributed by atoms with E-state index in [1.165, 1.54) is 24.0 Å². The van der Waals surface area contributed by atoms with Crippen LogP contribution in [0.15, 0.2) is 24.3 Å². The highest BCUT2D eigenvalue weighted by Crippen LogP contribution is 2.37. The minimum Gasteiger partial charge on any atom is -0.381 e. The number of nitrogens with two attached hydrogens (primary N) is 1. The minimum absolute atomic E-state index is 0.0600. The Kier molecular flexibility index (Phi) is 2.93. The molecule has 3 rings (SSSR count). The fraction of sp³-hybridized carbons (Fsp3) is 0.600. The van der Waals surface area contributed by atoms with Crippen molar-refractivity contribution in [2.45, 2.75) is 43.6 Å². The molecule has 2 aliphatic rings. The average molecular weight is 231 g/mol. The SMILES string of the molecule is NC1(c2cccc(C3CCOC3)c2)CCCC1. The number of benzene rings is 1. The third-order valence-corrected chi connectivity index (χ3v) is 4.36. The van der Waals surface area contributed by atoms with E-state index < -0.39 is 0 Å². The first-order valence-electron chi connectivity index (χ1n) is 6.75. The van der Waals surface area contributed by atoms with Crippen molar-refractivity contribution in [3.05, 3.63) is 35.4 Å². The Morgan fingerprint density at radius 3 is 2.76 bits per heavy atom. The zero-order valence-corrected chi connectivity index (χ0v) is 10.3. The van der Waals surface area contributed by atoms with Crippen LogP contribution in [0.3, 0.4) is 0 Å². The Bertz CT molecular complexity index is 390. The summed E-state index contributed by atoms with van der Waals surface area (Å²) in [6.45, 7) is 1.78. The first kappa shape index (κ1) is 11.2. The van der Waals surface area contributed by atoms with Gasteiger partial charge in [0.25, 0.3) is 0 Å². The number of hydrogen-bond acceptors (Lipinski definition) is 2. The zero-order chi connectivity index (χ0) is 11.7. The Morgan fingerprint density at radius 1 is 1.24 bits per heavy atom. The normalized spacial score (nSPS) is 27.5. The second-order valence-electron chi connectivity index (χ2n) is 5.55. The molecule has 2 fully saturated rings. The summed E-state index contributed by atoms with van der Waals surface area (Å²) in [6, 6.07) is 8.91. The topological polar surface area (TPSA) is 35.2 Å². The van der Waals surface area contributed by atoms with Gasteiger partial charge in [0.1, 0.15) is 0 Å². The van der Waals surface area contributed by atoms with Crippen LogP contribution in [-0.2, 0) is 10.3 Å². The van der Waals surface area contributed by atoms with Gasteiger partial charge in [-0.25, -0.2) is 0 Å². The zero-order valence-electron chi connectivity index (χ0n) is 10.3. The molecule has 0 radical (unpaired) electrons. The molecule has 1 saturated heterocycles. The lowest BCUT2D eigenvalue weighted by molar-refractivity contribution is 0.194. The lowest BCUT2D eigenvalue weighted by Crippen LogP contribution is -2.33. The molecular formula is C15H21NO. The molecule has 2 nitrogen and oxygen atoms in total. The van der Waals surface area contributed by atoms with E-state index in [9.17, 15) is 0 Å². The van der Waals surface area contributed by atoms with Crippen molar-refractivity contribution in [1.29, 1.82) is 0 Å². The fourth-order valence-electron chi connectivity index (χ4n) is 3.19. The molecule has 1 aliphatic carbocycles. The predicted molar refractivity (Wildman–Crippen MR) is 69.0 cm³/mol. The molecule has 0 spiro atoms. The third kappa shape index (κ3) is 2.12. The van der Waals surface area contributed by atoms with Gasteiger partial charge in [-0.1, -0.05) is 37.1 Å². The molecule has 0 bridgehead atoms. The summed E-state index contributed by atoms with van der Waals surface area (Å²) in [5.41, 5.74) is 9.20. The Morgan fingerprint density at radius 2 is 2.06 bits per heavy atom. The van der Waals surface area contributed by atoms with Gasteiger partial charge in [0.15, 0.2) is 0 Å². The Balaban J connectivity index is 1.88. The van der Waals surface area contributed by atoms with Gasteiger partial charge in [0.2, 0.25) is 0 Å². The highest BCUT2D eigenvalue weighted by Gasteiger charge is 2.31. The molecule has 1 heterocycles. The summed E-state index contributed by atoms with van der Waals surface area (Å²) in [7, 11) is 0. The minimum atomic E-state index is -0.0600. The molecule has 1 aromatic rings. The lowest BCUT2D eigenvalue weighted by Gasteiger charge is -2.25. The van der Waals surface area contributed by atoms with Crippen LogP contribution in [0.2, 0.25) is 0 Å². The maximum atomic E-state index is 6.52. The quantitative estimate of drug-likeness (QED) is 0.849. The summed E-state index contributed by atoms with van der Waals surface area (Å²) in [5, 5.41) is 0. The summed E-state index contributed by atoms with van der Waals surface area (Å²) in [5.74, 6) is 0.583. The van der Waals surface area contributed by atoms with Gasteiger partial charge in [0.05, 0.1) is 6.61 Å². The van der Waals surface area contributed by atoms with Crippen LogP contribution in [0.4, 0.5) is 0 Å². The molecule has 0 aromatic heterocycles. The van der Waals surface area contributed by atoms with Crippen molar-refractivity contribution in [2.24, 2.45) is 5.73 Å². The monoisotopic (exact) mass is 231 g/mol. The molecule has 2 heteroatoms. The van der Waals surface area contributed by atoms with Gasteiger partial charge < -0.3 is 10.5 Å². The van der Waals surface area contributed by atoms with Crippen LogP contribution in [0, 0.1) is 0 Å². The summed E-state index contributed by atoms with van der Waals surface area (Å²) in [4.78, 5) is 0. The highest BCUT2D eigenvalue weighted by molar-refractivity contribution is 5.32. The van der Waals surface area contributed by atoms with Crippen molar-refractivity contribution in [1.82, 2.24) is 0 Å². The van der Waals surface area contributed by atoms with Crippen LogP contribution in [0.5, 0.6) is 0 Å². The summed E-state index contributed by atoms with van der Waals surface area (Å²) < 4.78 is 5.47. The molecule has 1 saturated carbocycles.